The zero-order chi connectivity index (χ0) is 25.2. The van der Waals surface area contributed by atoms with Gasteiger partial charge in [0.1, 0.15) is 0 Å². The smallest absolute Gasteiger partial charge is 0.0554 e. The first-order chi connectivity index (χ1) is 17.6. The van der Waals surface area contributed by atoms with Crippen LogP contribution in [0.5, 0.6) is 0 Å². The van der Waals surface area contributed by atoms with Crippen molar-refractivity contribution in [3.63, 3.8) is 0 Å². The summed E-state index contributed by atoms with van der Waals surface area (Å²) in [4.78, 5) is 0. The van der Waals surface area contributed by atoms with Gasteiger partial charge in [0.2, 0.25) is 0 Å². The lowest BCUT2D eigenvalue weighted by Crippen LogP contribution is -2.42. The highest BCUT2D eigenvalue weighted by Crippen LogP contribution is 2.46. The maximum absolute atomic E-state index is 11.5. The second kappa shape index (κ2) is 14.3. The Hall–Kier alpha value is -1.68. The molecule has 2 saturated carbocycles. The van der Waals surface area contributed by atoms with Crippen LogP contribution >= 0.6 is 0 Å². The van der Waals surface area contributed by atoms with Gasteiger partial charge < -0.3 is 16.6 Å². The molecule has 3 unspecified atom stereocenters. The lowest BCUT2D eigenvalue weighted by Gasteiger charge is -2.43. The van der Waals surface area contributed by atoms with Crippen LogP contribution in [-0.4, -0.2) is 17.4 Å². The Labute approximate surface area is 220 Å². The first-order valence-corrected chi connectivity index (χ1v) is 14.9. The van der Waals surface area contributed by atoms with E-state index in [1.165, 1.54) is 75.3 Å². The second-order valence-corrected chi connectivity index (χ2v) is 12.0. The SMILES string of the molecule is NC(N)C(Cc1ccccc1)CC(O)CC(Cc1ccccc1)C(C1CCCCC1)C1CCCCC1. The molecule has 2 aliphatic carbocycles. The minimum absolute atomic E-state index is 0.0857. The van der Waals surface area contributed by atoms with E-state index >= 15 is 0 Å². The number of rotatable bonds is 12. The molecule has 3 atom stereocenters. The molecular formula is C33H50N2O. The largest absolute Gasteiger partial charge is 0.393 e. The van der Waals surface area contributed by atoms with Crippen LogP contribution in [0.2, 0.25) is 0 Å². The van der Waals surface area contributed by atoms with Crippen molar-refractivity contribution in [1.29, 1.82) is 0 Å². The molecular weight excluding hydrogens is 440 g/mol. The molecule has 5 N–H and O–H groups in total. The summed E-state index contributed by atoms with van der Waals surface area (Å²) in [5.74, 6) is 2.96. The summed E-state index contributed by atoms with van der Waals surface area (Å²) < 4.78 is 0. The minimum atomic E-state index is -0.417. The van der Waals surface area contributed by atoms with Crippen LogP contribution in [0.1, 0.15) is 88.2 Å². The van der Waals surface area contributed by atoms with Crippen molar-refractivity contribution in [3.8, 4) is 0 Å². The number of hydrogen-bond donors (Lipinski definition) is 3. The van der Waals surface area contributed by atoms with Crippen molar-refractivity contribution >= 4 is 0 Å². The average molecular weight is 491 g/mol. The lowest BCUT2D eigenvalue weighted by molar-refractivity contribution is 0.0400. The average Bonchev–Trinajstić information content (AvgIpc) is 2.91. The van der Waals surface area contributed by atoms with Crippen LogP contribution in [0.4, 0.5) is 0 Å². The molecule has 36 heavy (non-hydrogen) atoms. The highest BCUT2D eigenvalue weighted by molar-refractivity contribution is 5.17. The Morgan fingerprint density at radius 2 is 1.03 bits per heavy atom. The summed E-state index contributed by atoms with van der Waals surface area (Å²) in [7, 11) is 0. The van der Waals surface area contributed by atoms with E-state index in [-0.39, 0.29) is 12.0 Å². The van der Waals surface area contributed by atoms with Crippen LogP contribution in [0.25, 0.3) is 0 Å². The molecule has 0 aromatic heterocycles. The molecule has 3 nitrogen and oxygen atoms in total. The zero-order valence-corrected chi connectivity index (χ0v) is 22.3. The van der Waals surface area contributed by atoms with E-state index in [4.69, 9.17) is 11.5 Å². The normalized spacial score (nSPS) is 20.5. The minimum Gasteiger partial charge on any atom is -0.393 e. The number of hydrogen-bond acceptors (Lipinski definition) is 3. The third kappa shape index (κ3) is 8.16. The van der Waals surface area contributed by atoms with Gasteiger partial charge in [0.05, 0.1) is 12.3 Å². The summed E-state index contributed by atoms with van der Waals surface area (Å²) in [5.41, 5.74) is 15.2. The van der Waals surface area contributed by atoms with Gasteiger partial charge in [-0.3, -0.25) is 0 Å². The molecule has 2 fully saturated rings. The Balaban J connectivity index is 1.52. The Kier molecular flexibility index (Phi) is 10.9. The zero-order valence-electron chi connectivity index (χ0n) is 22.3. The monoisotopic (exact) mass is 490 g/mol. The standard InChI is InChI=1S/C33H50N2O/c34-33(35)30(22-26-15-7-2-8-16-26)24-31(36)23-29(21-25-13-5-1-6-14-25)32(27-17-9-3-10-18-27)28-19-11-4-12-20-28/h1-2,5-8,13-16,27-33,36H,3-4,9-12,17-24,34-35H2. The van der Waals surface area contributed by atoms with E-state index in [0.717, 1.165) is 37.0 Å². The highest BCUT2D eigenvalue weighted by atomic mass is 16.3. The van der Waals surface area contributed by atoms with Gasteiger partial charge in [-0.15, -0.1) is 0 Å². The van der Waals surface area contributed by atoms with E-state index < -0.39 is 6.17 Å². The fourth-order valence-electron chi connectivity index (χ4n) is 7.57. The van der Waals surface area contributed by atoms with Crippen LogP contribution in [0.15, 0.2) is 60.7 Å². The summed E-state index contributed by atoms with van der Waals surface area (Å²) in [5, 5.41) is 11.5. The van der Waals surface area contributed by atoms with E-state index in [2.05, 4.69) is 54.6 Å². The van der Waals surface area contributed by atoms with Gasteiger partial charge in [-0.05, 0) is 66.4 Å². The van der Waals surface area contributed by atoms with Crippen LogP contribution in [0, 0.1) is 29.6 Å². The molecule has 0 aliphatic heterocycles. The molecule has 2 aromatic carbocycles. The van der Waals surface area contributed by atoms with Crippen LogP contribution in [0.3, 0.4) is 0 Å². The summed E-state index contributed by atoms with van der Waals surface area (Å²) in [6.45, 7) is 0. The van der Waals surface area contributed by atoms with Crippen molar-refractivity contribution in [2.24, 2.45) is 41.1 Å². The Morgan fingerprint density at radius 3 is 1.47 bits per heavy atom. The fraction of sp³-hybridized carbons (Fsp3) is 0.636. The summed E-state index contributed by atoms with van der Waals surface area (Å²) in [6.07, 6.45) is 16.5. The van der Waals surface area contributed by atoms with Crippen molar-refractivity contribution in [1.82, 2.24) is 0 Å². The molecule has 0 amide bonds. The van der Waals surface area contributed by atoms with Gasteiger partial charge in [0, 0.05) is 0 Å². The molecule has 3 heteroatoms. The molecule has 0 bridgehead atoms. The van der Waals surface area contributed by atoms with Crippen molar-refractivity contribution in [3.05, 3.63) is 71.8 Å². The van der Waals surface area contributed by atoms with Crippen LogP contribution < -0.4 is 11.5 Å². The second-order valence-electron chi connectivity index (χ2n) is 12.0. The fourth-order valence-corrected chi connectivity index (χ4v) is 7.57. The van der Waals surface area contributed by atoms with Crippen LogP contribution in [-0.2, 0) is 12.8 Å². The number of aliphatic hydroxyl groups excluding tert-OH is 1. The molecule has 0 radical (unpaired) electrons. The van der Waals surface area contributed by atoms with Gasteiger partial charge in [0.15, 0.2) is 0 Å². The summed E-state index contributed by atoms with van der Waals surface area (Å²) in [6, 6.07) is 21.5. The maximum atomic E-state index is 11.5. The first-order valence-electron chi connectivity index (χ1n) is 14.9. The van der Waals surface area contributed by atoms with Gasteiger partial charge in [-0.2, -0.15) is 0 Å². The molecule has 0 saturated heterocycles. The van der Waals surface area contributed by atoms with Gasteiger partial charge in [-0.1, -0.05) is 125 Å². The van der Waals surface area contributed by atoms with Crippen molar-refractivity contribution in [2.45, 2.75) is 102 Å². The molecule has 4 rings (SSSR count). The highest BCUT2D eigenvalue weighted by Gasteiger charge is 2.38. The number of aliphatic hydroxyl groups is 1. The molecule has 2 aromatic rings. The Morgan fingerprint density at radius 1 is 0.611 bits per heavy atom. The maximum Gasteiger partial charge on any atom is 0.0554 e. The summed E-state index contributed by atoms with van der Waals surface area (Å²) >= 11 is 0. The molecule has 2 aliphatic rings. The Bertz CT molecular complexity index is 825. The quantitative estimate of drug-likeness (QED) is 0.284. The van der Waals surface area contributed by atoms with Gasteiger partial charge >= 0.3 is 0 Å². The van der Waals surface area contributed by atoms with E-state index in [0.29, 0.717) is 12.3 Å². The third-order valence-electron chi connectivity index (χ3n) is 9.31. The number of nitrogens with two attached hydrogens (primary N) is 2. The van der Waals surface area contributed by atoms with E-state index in [9.17, 15) is 5.11 Å². The number of benzene rings is 2. The van der Waals surface area contributed by atoms with Crippen molar-refractivity contribution < 1.29 is 5.11 Å². The van der Waals surface area contributed by atoms with E-state index in [1.807, 2.05) is 6.07 Å². The lowest BCUT2D eigenvalue weighted by atomic mass is 9.62. The first kappa shape index (κ1) is 27.4. The third-order valence-corrected chi connectivity index (χ3v) is 9.31. The van der Waals surface area contributed by atoms with E-state index in [1.54, 1.807) is 0 Å². The molecule has 198 valence electrons. The molecule has 0 spiro atoms. The predicted octanol–water partition coefficient (Wildman–Crippen LogP) is 6.87. The van der Waals surface area contributed by atoms with Gasteiger partial charge in [-0.25, -0.2) is 0 Å². The van der Waals surface area contributed by atoms with Gasteiger partial charge in [0.25, 0.3) is 0 Å². The predicted molar refractivity (Wildman–Crippen MR) is 151 cm³/mol. The van der Waals surface area contributed by atoms with Crippen molar-refractivity contribution in [2.75, 3.05) is 0 Å². The topological polar surface area (TPSA) is 72.3 Å². The molecule has 0 heterocycles.